The molecule has 3 aromatic heterocycles. The van der Waals surface area contributed by atoms with Crippen LogP contribution in [-0.2, 0) is 14.5 Å². The number of rotatable bonds is 9. The van der Waals surface area contributed by atoms with Crippen LogP contribution in [-0.4, -0.2) is 65.3 Å². The van der Waals surface area contributed by atoms with Crippen LogP contribution < -0.4 is 10.0 Å². The Morgan fingerprint density at radius 3 is 2.86 bits per heavy atom. The zero-order chi connectivity index (χ0) is 25.3. The largest absolute Gasteiger partial charge is 0.448 e. The number of carbonyl (C=O) groups is 1. The molecule has 4 rings (SSSR count). The minimum Gasteiger partial charge on any atom is -0.448 e. The summed E-state index contributed by atoms with van der Waals surface area (Å²) in [6.07, 6.45) is 0.763. The van der Waals surface area contributed by atoms with Crippen LogP contribution in [0.25, 0.3) is 0 Å². The van der Waals surface area contributed by atoms with Gasteiger partial charge in [0.2, 0.25) is 0 Å². The number of hydrogen-bond acceptors (Lipinski definition) is 9. The van der Waals surface area contributed by atoms with Crippen molar-refractivity contribution in [1.29, 1.82) is 0 Å². The van der Waals surface area contributed by atoms with E-state index < -0.39 is 40.5 Å². The monoisotopic (exact) mass is 527 g/mol. The van der Waals surface area contributed by atoms with Gasteiger partial charge in [-0.15, -0.1) is 0 Å². The number of aliphatic hydroxyl groups is 1. The van der Waals surface area contributed by atoms with Gasteiger partial charge in [0.05, 0.1) is 17.6 Å². The summed E-state index contributed by atoms with van der Waals surface area (Å²) >= 11 is 5.85. The molecule has 0 aromatic carbocycles. The molecule has 0 unspecified atom stereocenters. The first-order chi connectivity index (χ1) is 16.6. The van der Waals surface area contributed by atoms with Gasteiger partial charge in [0.25, 0.3) is 0 Å². The molecule has 1 aliphatic rings. The molecule has 0 spiro atoms. The first-order valence-corrected chi connectivity index (χ1v) is 12.4. The molecule has 3 heterocycles. The predicted molar refractivity (Wildman–Crippen MR) is 123 cm³/mol. The average molecular weight is 528 g/mol. The lowest BCUT2D eigenvalue weighted by Gasteiger charge is -2.17. The van der Waals surface area contributed by atoms with Crippen molar-refractivity contribution < 1.29 is 31.3 Å². The molecular weight excluding hydrogens is 505 g/mol. The summed E-state index contributed by atoms with van der Waals surface area (Å²) in [7, 11) is -3.00. The Labute approximate surface area is 205 Å². The third kappa shape index (κ3) is 5.38. The van der Waals surface area contributed by atoms with Gasteiger partial charge in [-0.2, -0.15) is 13.1 Å². The number of aliphatic hydroxyl groups excluding tert-OH is 1. The molecule has 35 heavy (non-hydrogen) atoms. The zero-order valence-electron chi connectivity index (χ0n) is 18.6. The second-order valence-electron chi connectivity index (χ2n) is 7.99. The van der Waals surface area contributed by atoms with E-state index in [0.29, 0.717) is 11.3 Å². The topological polar surface area (TPSA) is 149 Å². The van der Waals surface area contributed by atoms with Crippen molar-refractivity contribution in [3.8, 4) is 0 Å². The van der Waals surface area contributed by atoms with Crippen molar-refractivity contribution in [3.63, 3.8) is 0 Å². The maximum absolute atomic E-state index is 14.7. The molecule has 1 saturated carbocycles. The molecule has 0 saturated heterocycles. The van der Waals surface area contributed by atoms with Crippen molar-refractivity contribution in [2.24, 2.45) is 0 Å². The molecule has 3 N–H and O–H groups in total. The lowest BCUT2D eigenvalue weighted by Crippen LogP contribution is -2.35. The number of aromatic nitrogens is 3. The van der Waals surface area contributed by atoms with E-state index in [1.807, 2.05) is 11.6 Å². The number of alkyl halides is 1. The lowest BCUT2D eigenvalue weighted by molar-refractivity contribution is 0.0248. The molecule has 0 bridgehead atoms. The van der Waals surface area contributed by atoms with Gasteiger partial charge >= 0.3 is 10.3 Å². The van der Waals surface area contributed by atoms with E-state index >= 15 is 0 Å². The molecule has 5 atom stereocenters. The highest BCUT2D eigenvalue weighted by atomic mass is 35.5. The van der Waals surface area contributed by atoms with Gasteiger partial charge in [-0.3, -0.25) is 8.98 Å². The fourth-order valence-electron chi connectivity index (χ4n) is 3.84. The normalized spacial score (nSPS) is 23.3. The van der Waals surface area contributed by atoms with Gasteiger partial charge in [-0.1, -0.05) is 0 Å². The molecule has 188 valence electrons. The molecule has 3 aromatic rings. The van der Waals surface area contributed by atoms with Crippen LogP contribution in [0.4, 0.5) is 10.2 Å². The van der Waals surface area contributed by atoms with Crippen molar-refractivity contribution in [3.05, 3.63) is 65.2 Å². The van der Waals surface area contributed by atoms with E-state index in [-0.39, 0.29) is 29.1 Å². The van der Waals surface area contributed by atoms with Crippen molar-refractivity contribution >= 4 is 33.5 Å². The van der Waals surface area contributed by atoms with E-state index in [2.05, 4.69) is 15.3 Å². The second kappa shape index (κ2) is 10.0. The fraction of sp³-hybridized carbons (Fsp3) is 0.381. The highest BCUT2D eigenvalue weighted by molar-refractivity contribution is 7.84. The average Bonchev–Trinajstić information content (AvgIpc) is 3.56. The van der Waals surface area contributed by atoms with Crippen molar-refractivity contribution in [2.45, 2.75) is 43.8 Å². The van der Waals surface area contributed by atoms with Crippen LogP contribution in [0.2, 0.25) is 5.22 Å². The lowest BCUT2D eigenvalue weighted by atomic mass is 10.1. The summed E-state index contributed by atoms with van der Waals surface area (Å²) in [5.41, 5.74) is 0.407. The maximum atomic E-state index is 14.7. The number of carbonyl (C=O) groups excluding carboxylic acids is 1. The zero-order valence-corrected chi connectivity index (χ0v) is 20.2. The second-order valence-corrected chi connectivity index (χ2v) is 9.88. The Morgan fingerprint density at radius 1 is 1.40 bits per heavy atom. The third-order valence-corrected chi connectivity index (χ3v) is 6.99. The Morgan fingerprint density at radius 2 is 2.17 bits per heavy atom. The first-order valence-electron chi connectivity index (χ1n) is 10.6. The van der Waals surface area contributed by atoms with Gasteiger partial charge < -0.3 is 19.4 Å². The summed E-state index contributed by atoms with van der Waals surface area (Å²) in [6, 6.07) is 3.70. The smallest absolute Gasteiger partial charge is 0.335 e. The van der Waals surface area contributed by atoms with Crippen LogP contribution in [0.3, 0.4) is 0 Å². The van der Waals surface area contributed by atoms with Gasteiger partial charge in [-0.25, -0.2) is 14.4 Å². The standard InChI is InChI=1S/C21H23ClFN5O6S/c1-11(15-3-4-17(22)33-15)28-6-5-12(9-28)19(29)13-8-25-10-26-21(13)27-14-7-16(20(30)18(14)23)34-35(31,32)24-2/h3-6,8-11,14,16,18,20,24,30H,7H2,1-2H3,(H,25,26,27)/t11-,14+,16+,18+,20+/m0/s1. The van der Waals surface area contributed by atoms with Gasteiger partial charge in [-0.05, 0) is 36.7 Å². The number of anilines is 1. The number of nitrogens with zero attached hydrogens (tertiary/aromatic N) is 3. The van der Waals surface area contributed by atoms with Gasteiger partial charge in [0.1, 0.15) is 36.3 Å². The van der Waals surface area contributed by atoms with Crippen LogP contribution in [0.15, 0.2) is 47.5 Å². The summed E-state index contributed by atoms with van der Waals surface area (Å²) in [5.74, 6) is 0.234. The molecule has 0 aliphatic heterocycles. The number of ketones is 1. The van der Waals surface area contributed by atoms with Crippen LogP contribution in [0.5, 0.6) is 0 Å². The molecule has 0 radical (unpaired) electrons. The molecule has 0 amide bonds. The minimum absolute atomic E-state index is 0.0422. The minimum atomic E-state index is -4.14. The molecule has 11 nitrogen and oxygen atoms in total. The van der Waals surface area contributed by atoms with E-state index in [1.165, 1.54) is 12.5 Å². The molecule has 1 fully saturated rings. The summed E-state index contributed by atoms with van der Waals surface area (Å²) in [5, 5.41) is 13.2. The van der Waals surface area contributed by atoms with E-state index in [4.69, 9.17) is 20.2 Å². The quantitative estimate of drug-likeness (QED) is 0.355. The Bertz CT molecular complexity index is 1310. The SMILES string of the molecule is CNS(=O)(=O)O[C@@H]1C[C@@H](Nc2ncncc2C(=O)c2ccn([C@@H](C)c3ccc(Cl)o3)c2)[C@@H](F)[C@@H]1O. The number of nitrogens with one attached hydrogen (secondary N) is 2. The van der Waals surface area contributed by atoms with Gasteiger partial charge in [0, 0.05) is 37.6 Å². The molecule has 14 heteroatoms. The fourth-order valence-corrected chi connectivity index (χ4v) is 4.60. The first kappa shape index (κ1) is 25.3. The van der Waals surface area contributed by atoms with E-state index in [1.54, 1.807) is 35.2 Å². The Balaban J connectivity index is 1.52. The van der Waals surface area contributed by atoms with E-state index in [9.17, 15) is 22.7 Å². The maximum Gasteiger partial charge on any atom is 0.335 e. The van der Waals surface area contributed by atoms with Crippen LogP contribution in [0.1, 0.15) is 41.1 Å². The Kier molecular flexibility index (Phi) is 7.24. The summed E-state index contributed by atoms with van der Waals surface area (Å²) in [6.45, 7) is 1.88. The van der Waals surface area contributed by atoms with Crippen LogP contribution in [0, 0.1) is 0 Å². The molecular formula is C21H23ClFN5O6S. The number of furan rings is 1. The third-order valence-electron chi connectivity index (χ3n) is 5.79. The van der Waals surface area contributed by atoms with Gasteiger partial charge in [0.15, 0.2) is 11.0 Å². The van der Waals surface area contributed by atoms with Crippen molar-refractivity contribution in [2.75, 3.05) is 12.4 Å². The summed E-state index contributed by atoms with van der Waals surface area (Å²) in [4.78, 5) is 21.2. The van der Waals surface area contributed by atoms with E-state index in [0.717, 1.165) is 7.05 Å². The number of halogens is 2. The highest BCUT2D eigenvalue weighted by Crippen LogP contribution is 2.31. The van der Waals surface area contributed by atoms with Crippen molar-refractivity contribution in [1.82, 2.24) is 19.3 Å². The summed E-state index contributed by atoms with van der Waals surface area (Å²) < 4.78 is 52.0. The molecule has 1 aliphatic carbocycles. The predicted octanol–water partition coefficient (Wildman–Crippen LogP) is 2.10. The highest BCUT2D eigenvalue weighted by Gasteiger charge is 2.46. The number of hydrogen-bond donors (Lipinski definition) is 3. The Hall–Kier alpha value is -2.84. The van der Waals surface area contributed by atoms with Crippen LogP contribution >= 0.6 is 11.6 Å².